The van der Waals surface area contributed by atoms with Gasteiger partial charge in [0.05, 0.1) is 0 Å². The summed E-state index contributed by atoms with van der Waals surface area (Å²) in [6.45, 7) is 3.16. The molecule has 1 atom stereocenters. The van der Waals surface area contributed by atoms with Crippen molar-refractivity contribution in [1.82, 2.24) is 5.32 Å². The first-order chi connectivity index (χ1) is 7.90. The van der Waals surface area contributed by atoms with Crippen LogP contribution in [0.3, 0.4) is 0 Å². The molecule has 1 unspecified atom stereocenters. The molecule has 0 heterocycles. The van der Waals surface area contributed by atoms with E-state index < -0.39 is 12.0 Å². The number of carbonyl (C=O) groups excluding carboxylic acids is 1. The lowest BCUT2D eigenvalue weighted by Gasteiger charge is -2.13. The van der Waals surface area contributed by atoms with E-state index >= 15 is 0 Å². The highest BCUT2D eigenvalue weighted by Crippen LogP contribution is 2.17. The number of carboxylic acid groups (broad SMARTS) is 1. The molecule has 1 aromatic carbocycles. The van der Waals surface area contributed by atoms with E-state index in [-0.39, 0.29) is 12.3 Å². The van der Waals surface area contributed by atoms with Crippen molar-refractivity contribution in [3.63, 3.8) is 0 Å². The highest BCUT2D eigenvalue weighted by atomic mass is 35.5. The molecule has 2 N–H and O–H groups in total. The zero-order chi connectivity index (χ0) is 13.0. The Labute approximate surface area is 105 Å². The highest BCUT2D eigenvalue weighted by molar-refractivity contribution is 6.31. The molecular weight excluding hydrogens is 242 g/mol. The third-order valence-electron chi connectivity index (χ3n) is 2.35. The Morgan fingerprint density at radius 3 is 2.59 bits per heavy atom. The molecule has 17 heavy (non-hydrogen) atoms. The molecule has 1 amide bonds. The van der Waals surface area contributed by atoms with E-state index in [0.29, 0.717) is 5.02 Å². The van der Waals surface area contributed by atoms with Crippen LogP contribution in [0.5, 0.6) is 0 Å². The Kier molecular flexibility index (Phi) is 4.52. The fourth-order valence-corrected chi connectivity index (χ4v) is 1.65. The van der Waals surface area contributed by atoms with Gasteiger partial charge in [-0.3, -0.25) is 4.79 Å². The first-order valence-electron chi connectivity index (χ1n) is 5.15. The minimum atomic E-state index is -1.06. The second-order valence-corrected chi connectivity index (χ2v) is 4.29. The van der Waals surface area contributed by atoms with Crippen LogP contribution in [0, 0.1) is 6.92 Å². The third kappa shape index (κ3) is 4.07. The molecule has 0 saturated heterocycles. The average Bonchev–Trinajstić information content (AvgIpc) is 2.21. The van der Waals surface area contributed by atoms with Crippen LogP contribution in [-0.4, -0.2) is 23.0 Å². The number of rotatable bonds is 4. The smallest absolute Gasteiger partial charge is 0.326 e. The minimum Gasteiger partial charge on any atom is -0.480 e. The normalized spacial score (nSPS) is 11.9. The summed E-state index contributed by atoms with van der Waals surface area (Å²) in [6.07, 6.45) is 0.217. The quantitative estimate of drug-likeness (QED) is 0.862. The molecule has 1 aromatic rings. The van der Waals surface area contributed by atoms with Gasteiger partial charge in [-0.05, 0) is 24.1 Å². The van der Waals surface area contributed by atoms with Gasteiger partial charge in [-0.25, -0.2) is 4.79 Å². The van der Waals surface area contributed by atoms with E-state index in [1.54, 1.807) is 12.1 Å². The van der Waals surface area contributed by atoms with Crippen molar-refractivity contribution in [2.24, 2.45) is 0 Å². The van der Waals surface area contributed by atoms with Gasteiger partial charge in [0.15, 0.2) is 0 Å². The second kappa shape index (κ2) is 5.68. The monoisotopic (exact) mass is 255 g/mol. The van der Waals surface area contributed by atoms with Crippen molar-refractivity contribution in [1.29, 1.82) is 0 Å². The molecule has 0 radical (unpaired) electrons. The highest BCUT2D eigenvalue weighted by Gasteiger charge is 2.18. The molecule has 0 fully saturated rings. The number of hydrogen-bond donors (Lipinski definition) is 2. The molecule has 4 nitrogen and oxygen atoms in total. The van der Waals surface area contributed by atoms with E-state index in [9.17, 15) is 9.59 Å². The van der Waals surface area contributed by atoms with Gasteiger partial charge in [0.2, 0.25) is 5.91 Å². The van der Waals surface area contributed by atoms with E-state index in [0.717, 1.165) is 11.1 Å². The van der Waals surface area contributed by atoms with Gasteiger partial charge in [0.25, 0.3) is 0 Å². The van der Waals surface area contributed by atoms with Crippen LogP contribution in [0.25, 0.3) is 0 Å². The summed E-state index contributed by atoms with van der Waals surface area (Å²) in [5, 5.41) is 11.9. The lowest BCUT2D eigenvalue weighted by atomic mass is 10.0. The predicted octanol–water partition coefficient (Wildman–Crippen LogP) is 1.78. The molecule has 0 aliphatic carbocycles. The zero-order valence-electron chi connectivity index (χ0n) is 9.66. The van der Waals surface area contributed by atoms with Gasteiger partial charge < -0.3 is 10.4 Å². The first kappa shape index (κ1) is 13.5. The molecule has 92 valence electrons. The minimum absolute atomic E-state index is 0.217. The number of amides is 1. The van der Waals surface area contributed by atoms with Crippen molar-refractivity contribution in [3.8, 4) is 0 Å². The lowest BCUT2D eigenvalue weighted by molar-refractivity contribution is -0.141. The molecule has 1 rings (SSSR count). The first-order valence-corrected chi connectivity index (χ1v) is 5.53. The number of hydrogen-bond acceptors (Lipinski definition) is 2. The summed E-state index contributed by atoms with van der Waals surface area (Å²) in [7, 11) is 0. The van der Waals surface area contributed by atoms with Crippen LogP contribution >= 0.6 is 11.6 Å². The zero-order valence-corrected chi connectivity index (χ0v) is 10.4. The predicted molar refractivity (Wildman–Crippen MR) is 65.1 cm³/mol. The largest absolute Gasteiger partial charge is 0.480 e. The number of carbonyl (C=O) groups is 2. The number of aliphatic carboxylic acids is 1. The molecular formula is C12H14ClNO3. The van der Waals surface area contributed by atoms with Crippen LogP contribution in [0.1, 0.15) is 18.1 Å². The molecule has 0 aliphatic heterocycles. The summed E-state index contributed by atoms with van der Waals surface area (Å²) in [5.74, 6) is -1.42. The SMILES string of the molecule is CC(=O)NC(Cc1ccc(C)c(Cl)c1)C(=O)O. The lowest BCUT2D eigenvalue weighted by Crippen LogP contribution is -2.41. The van der Waals surface area contributed by atoms with Crippen molar-refractivity contribution in [3.05, 3.63) is 34.3 Å². The standard InChI is InChI=1S/C12H14ClNO3/c1-7-3-4-9(5-10(7)13)6-11(12(16)17)14-8(2)15/h3-5,11H,6H2,1-2H3,(H,14,15)(H,16,17). The number of halogens is 1. The maximum Gasteiger partial charge on any atom is 0.326 e. The molecule has 0 saturated carbocycles. The van der Waals surface area contributed by atoms with Gasteiger partial charge in [-0.15, -0.1) is 0 Å². The number of benzene rings is 1. The summed E-state index contributed by atoms with van der Waals surface area (Å²) in [6, 6.07) is 4.42. The van der Waals surface area contributed by atoms with Gasteiger partial charge >= 0.3 is 5.97 Å². The van der Waals surface area contributed by atoms with Gasteiger partial charge in [-0.2, -0.15) is 0 Å². The van der Waals surface area contributed by atoms with Crippen LogP contribution in [0.15, 0.2) is 18.2 Å². The van der Waals surface area contributed by atoms with Crippen LogP contribution in [0.4, 0.5) is 0 Å². The summed E-state index contributed by atoms with van der Waals surface area (Å²) in [4.78, 5) is 21.8. The summed E-state index contributed by atoms with van der Waals surface area (Å²) >= 11 is 5.95. The van der Waals surface area contributed by atoms with Crippen molar-refractivity contribution >= 4 is 23.5 Å². The van der Waals surface area contributed by atoms with Crippen molar-refractivity contribution in [2.45, 2.75) is 26.3 Å². The summed E-state index contributed by atoms with van der Waals surface area (Å²) in [5.41, 5.74) is 1.71. The molecule has 0 spiro atoms. The van der Waals surface area contributed by atoms with Gasteiger partial charge in [0.1, 0.15) is 6.04 Å². The molecule has 5 heteroatoms. The Bertz CT molecular complexity index is 445. The van der Waals surface area contributed by atoms with Gasteiger partial charge in [-0.1, -0.05) is 23.7 Å². The Balaban J connectivity index is 2.82. The maximum absolute atomic E-state index is 10.9. The molecule has 0 aromatic heterocycles. The molecule has 0 bridgehead atoms. The van der Waals surface area contributed by atoms with E-state index in [2.05, 4.69) is 5.32 Å². The number of carboxylic acids is 1. The van der Waals surface area contributed by atoms with E-state index in [1.165, 1.54) is 6.92 Å². The molecule has 0 aliphatic rings. The Hall–Kier alpha value is -1.55. The second-order valence-electron chi connectivity index (χ2n) is 3.88. The third-order valence-corrected chi connectivity index (χ3v) is 2.76. The number of nitrogens with one attached hydrogen (secondary N) is 1. The van der Waals surface area contributed by atoms with E-state index in [1.807, 2.05) is 13.0 Å². The van der Waals surface area contributed by atoms with Crippen molar-refractivity contribution in [2.75, 3.05) is 0 Å². The van der Waals surface area contributed by atoms with E-state index in [4.69, 9.17) is 16.7 Å². The van der Waals surface area contributed by atoms with Gasteiger partial charge in [0, 0.05) is 18.4 Å². The van der Waals surface area contributed by atoms with Crippen LogP contribution in [-0.2, 0) is 16.0 Å². The van der Waals surface area contributed by atoms with Crippen LogP contribution in [0.2, 0.25) is 5.02 Å². The number of aryl methyl sites for hydroxylation is 1. The van der Waals surface area contributed by atoms with Crippen LogP contribution < -0.4 is 5.32 Å². The fourth-order valence-electron chi connectivity index (χ4n) is 1.44. The maximum atomic E-state index is 10.9. The topological polar surface area (TPSA) is 66.4 Å². The fraction of sp³-hybridized carbons (Fsp3) is 0.333. The van der Waals surface area contributed by atoms with Crippen molar-refractivity contribution < 1.29 is 14.7 Å². The Morgan fingerprint density at radius 1 is 1.47 bits per heavy atom. The average molecular weight is 256 g/mol. The Morgan fingerprint density at radius 2 is 2.12 bits per heavy atom. The summed E-state index contributed by atoms with van der Waals surface area (Å²) < 4.78 is 0.